The standard InChI is InChI=1S/C8H10NP/c1-7(9-10)8-5-3-2-4-6-8/h2-6H,10H2,1H3/b9-7-. The molecule has 0 heterocycles. The van der Waals surface area contributed by atoms with Crippen molar-refractivity contribution in [3.05, 3.63) is 35.9 Å². The molecule has 1 rings (SSSR count). The van der Waals surface area contributed by atoms with Crippen molar-refractivity contribution < 1.29 is 0 Å². The smallest absolute Gasteiger partial charge is 0.0427 e. The predicted molar refractivity (Wildman–Crippen MR) is 48.4 cm³/mol. The van der Waals surface area contributed by atoms with Crippen LogP contribution in [0.2, 0.25) is 0 Å². The van der Waals surface area contributed by atoms with Gasteiger partial charge in [-0.3, -0.25) is 4.76 Å². The SMILES string of the molecule is C/C(=N/P)c1ccccc1. The fourth-order valence-electron chi connectivity index (χ4n) is 0.754. The molecule has 1 atom stereocenters. The van der Waals surface area contributed by atoms with Crippen LogP contribution in [-0.4, -0.2) is 5.71 Å². The number of benzene rings is 1. The lowest BCUT2D eigenvalue weighted by Crippen LogP contribution is -1.90. The van der Waals surface area contributed by atoms with Crippen molar-refractivity contribution in [2.24, 2.45) is 4.76 Å². The highest BCUT2D eigenvalue weighted by molar-refractivity contribution is 7.15. The summed E-state index contributed by atoms with van der Waals surface area (Å²) in [6.07, 6.45) is 0. The van der Waals surface area contributed by atoms with Crippen molar-refractivity contribution in [2.75, 3.05) is 0 Å². The van der Waals surface area contributed by atoms with Gasteiger partial charge in [-0.25, -0.2) is 0 Å². The molecule has 1 nitrogen and oxygen atoms in total. The summed E-state index contributed by atoms with van der Waals surface area (Å²) >= 11 is 0. The third-order valence-corrected chi connectivity index (χ3v) is 1.77. The molecular weight excluding hydrogens is 141 g/mol. The second-order valence-electron chi connectivity index (χ2n) is 2.08. The zero-order valence-corrected chi connectivity index (χ0v) is 7.07. The predicted octanol–water partition coefficient (Wildman–Crippen LogP) is 2.29. The molecule has 0 aliphatic rings. The molecule has 2 heteroatoms. The summed E-state index contributed by atoms with van der Waals surface area (Å²) in [5.41, 5.74) is 2.23. The van der Waals surface area contributed by atoms with Gasteiger partial charge in [0.05, 0.1) is 0 Å². The van der Waals surface area contributed by atoms with Crippen LogP contribution in [0.1, 0.15) is 12.5 Å². The van der Waals surface area contributed by atoms with Crippen LogP contribution in [0, 0.1) is 0 Å². The molecule has 0 saturated carbocycles. The molecule has 0 aromatic heterocycles. The van der Waals surface area contributed by atoms with Crippen LogP contribution in [0.4, 0.5) is 0 Å². The Bertz CT molecular complexity index is 228. The van der Waals surface area contributed by atoms with Crippen LogP contribution in [0.15, 0.2) is 35.1 Å². The Balaban J connectivity index is 2.96. The van der Waals surface area contributed by atoms with Crippen LogP contribution < -0.4 is 0 Å². The lowest BCUT2D eigenvalue weighted by Gasteiger charge is -1.95. The van der Waals surface area contributed by atoms with Crippen molar-refractivity contribution in [1.29, 1.82) is 0 Å². The zero-order valence-electron chi connectivity index (χ0n) is 5.91. The summed E-state index contributed by atoms with van der Waals surface area (Å²) in [5.74, 6) is 0. The van der Waals surface area contributed by atoms with Crippen LogP contribution in [-0.2, 0) is 0 Å². The second kappa shape index (κ2) is 3.48. The van der Waals surface area contributed by atoms with E-state index in [1.54, 1.807) is 0 Å². The Hall–Kier alpha value is -0.680. The van der Waals surface area contributed by atoms with Gasteiger partial charge in [-0.1, -0.05) is 30.3 Å². The normalized spacial score (nSPS) is 11.6. The van der Waals surface area contributed by atoms with E-state index in [0.29, 0.717) is 0 Å². The highest BCUT2D eigenvalue weighted by Gasteiger charge is 1.90. The van der Waals surface area contributed by atoms with Gasteiger partial charge >= 0.3 is 0 Å². The van der Waals surface area contributed by atoms with Crippen LogP contribution in [0.5, 0.6) is 0 Å². The Morgan fingerprint density at radius 3 is 2.40 bits per heavy atom. The van der Waals surface area contributed by atoms with Crippen molar-refractivity contribution in [3.63, 3.8) is 0 Å². The van der Waals surface area contributed by atoms with Crippen molar-refractivity contribution in [1.82, 2.24) is 0 Å². The number of hydrogen-bond acceptors (Lipinski definition) is 1. The Labute approximate surface area is 63.4 Å². The molecule has 52 valence electrons. The quantitative estimate of drug-likeness (QED) is 0.431. The fourth-order valence-corrected chi connectivity index (χ4v) is 0.903. The van der Waals surface area contributed by atoms with Crippen molar-refractivity contribution in [3.8, 4) is 0 Å². The highest BCUT2D eigenvalue weighted by atomic mass is 31.0. The fraction of sp³-hybridized carbons (Fsp3) is 0.125. The first-order valence-electron chi connectivity index (χ1n) is 3.14. The molecule has 1 aromatic carbocycles. The van der Waals surface area contributed by atoms with Crippen LogP contribution >= 0.6 is 9.39 Å². The third kappa shape index (κ3) is 1.65. The van der Waals surface area contributed by atoms with E-state index in [1.165, 1.54) is 5.56 Å². The minimum atomic E-state index is 1.05. The average Bonchev–Trinajstić information content (AvgIpc) is 2.05. The number of nitrogens with zero attached hydrogens (tertiary/aromatic N) is 1. The van der Waals surface area contributed by atoms with Crippen LogP contribution in [0.25, 0.3) is 0 Å². The maximum absolute atomic E-state index is 3.99. The Morgan fingerprint density at radius 2 is 1.90 bits per heavy atom. The topological polar surface area (TPSA) is 12.4 Å². The minimum Gasteiger partial charge on any atom is -0.272 e. The van der Waals surface area contributed by atoms with Gasteiger partial charge in [-0.05, 0) is 21.9 Å². The summed E-state index contributed by atoms with van der Waals surface area (Å²) < 4.78 is 3.99. The van der Waals surface area contributed by atoms with E-state index in [2.05, 4.69) is 14.2 Å². The molecule has 0 saturated heterocycles. The number of rotatable bonds is 1. The van der Waals surface area contributed by atoms with E-state index in [4.69, 9.17) is 0 Å². The molecular formula is C8H10NP. The van der Waals surface area contributed by atoms with E-state index >= 15 is 0 Å². The monoisotopic (exact) mass is 151 g/mol. The van der Waals surface area contributed by atoms with Gasteiger partial charge in [0.2, 0.25) is 0 Å². The molecule has 1 unspecified atom stereocenters. The molecule has 0 radical (unpaired) electrons. The molecule has 10 heavy (non-hydrogen) atoms. The summed E-state index contributed by atoms with van der Waals surface area (Å²) in [5, 5.41) is 0. The first kappa shape index (κ1) is 7.43. The van der Waals surface area contributed by atoms with Gasteiger partial charge < -0.3 is 0 Å². The summed E-state index contributed by atoms with van der Waals surface area (Å²) in [4.78, 5) is 0. The third-order valence-electron chi connectivity index (χ3n) is 1.39. The van der Waals surface area contributed by atoms with E-state index in [0.717, 1.165) is 5.71 Å². The van der Waals surface area contributed by atoms with E-state index < -0.39 is 0 Å². The second-order valence-corrected chi connectivity index (χ2v) is 2.34. The highest BCUT2D eigenvalue weighted by Crippen LogP contribution is 2.01. The van der Waals surface area contributed by atoms with Crippen molar-refractivity contribution in [2.45, 2.75) is 6.92 Å². The van der Waals surface area contributed by atoms with Crippen LogP contribution in [0.3, 0.4) is 0 Å². The molecule has 0 aliphatic carbocycles. The molecule has 0 bridgehead atoms. The largest absolute Gasteiger partial charge is 0.272 e. The van der Waals surface area contributed by atoms with E-state index in [9.17, 15) is 0 Å². The van der Waals surface area contributed by atoms with Gasteiger partial charge in [0.1, 0.15) is 0 Å². The zero-order chi connectivity index (χ0) is 7.40. The van der Waals surface area contributed by atoms with Gasteiger partial charge in [0, 0.05) is 5.71 Å². The van der Waals surface area contributed by atoms with Gasteiger partial charge in [-0.2, -0.15) is 0 Å². The molecule has 0 aliphatic heterocycles. The minimum absolute atomic E-state index is 1.05. The Morgan fingerprint density at radius 1 is 1.30 bits per heavy atom. The van der Waals surface area contributed by atoms with E-state index in [-0.39, 0.29) is 0 Å². The molecule has 0 fully saturated rings. The van der Waals surface area contributed by atoms with Gasteiger partial charge in [-0.15, -0.1) is 0 Å². The first-order chi connectivity index (χ1) is 4.84. The lowest BCUT2D eigenvalue weighted by molar-refractivity contribution is 1.60. The summed E-state index contributed by atoms with van der Waals surface area (Å²) in [7, 11) is 2.36. The molecule has 0 amide bonds. The molecule has 1 aromatic rings. The Kier molecular flexibility index (Phi) is 2.58. The van der Waals surface area contributed by atoms with Gasteiger partial charge in [0.15, 0.2) is 0 Å². The number of hydrogen-bond donors (Lipinski definition) is 0. The lowest BCUT2D eigenvalue weighted by atomic mass is 10.1. The average molecular weight is 151 g/mol. The molecule has 0 spiro atoms. The van der Waals surface area contributed by atoms with E-state index in [1.807, 2.05) is 37.3 Å². The van der Waals surface area contributed by atoms with Crippen molar-refractivity contribution >= 4 is 15.1 Å². The van der Waals surface area contributed by atoms with Gasteiger partial charge in [0.25, 0.3) is 0 Å². The molecule has 0 N–H and O–H groups in total. The summed E-state index contributed by atoms with van der Waals surface area (Å²) in [6, 6.07) is 10.1. The maximum atomic E-state index is 3.99. The maximum Gasteiger partial charge on any atom is 0.0427 e. The first-order valence-corrected chi connectivity index (χ1v) is 3.66. The summed E-state index contributed by atoms with van der Waals surface area (Å²) in [6.45, 7) is 1.99.